The summed E-state index contributed by atoms with van der Waals surface area (Å²) in [6, 6.07) is 17.4. The monoisotopic (exact) mass is 367 g/mol. The maximum Gasteiger partial charge on any atom is 0.272 e. The van der Waals surface area contributed by atoms with Crippen LogP contribution in [0.5, 0.6) is 0 Å². The number of nitrogens with zero attached hydrogens (tertiary/aromatic N) is 4. The number of aromatic nitrogens is 4. The summed E-state index contributed by atoms with van der Waals surface area (Å²) in [5, 5.41) is 22.0. The number of nitrogens with one attached hydrogen (secondary N) is 1. The molecule has 0 aliphatic carbocycles. The summed E-state index contributed by atoms with van der Waals surface area (Å²) in [4.78, 5) is 12.0. The van der Waals surface area contributed by atoms with Crippen LogP contribution in [0.15, 0.2) is 59.5 Å². The molecule has 0 bridgehead atoms. The van der Waals surface area contributed by atoms with E-state index in [1.165, 1.54) is 0 Å². The highest BCUT2D eigenvalue weighted by Gasteiger charge is 2.13. The molecule has 2 aromatic carbocycles. The molecule has 0 spiro atoms. The molecule has 28 heavy (non-hydrogen) atoms. The normalized spacial score (nSPS) is 11.5. The lowest BCUT2D eigenvalue weighted by molar-refractivity contribution is 0.760. The minimum atomic E-state index is -0.214. The fourth-order valence-corrected chi connectivity index (χ4v) is 3.24. The molecular weight excluding hydrogens is 350 g/mol. The van der Waals surface area contributed by atoms with Crippen molar-refractivity contribution in [2.24, 2.45) is 7.05 Å². The van der Waals surface area contributed by atoms with Crippen molar-refractivity contribution in [1.29, 1.82) is 5.26 Å². The van der Waals surface area contributed by atoms with Crippen LogP contribution in [-0.4, -0.2) is 20.0 Å². The second-order valence-electron chi connectivity index (χ2n) is 6.50. The number of H-pyrrole nitrogens is 1. The molecule has 0 atom stereocenters. The van der Waals surface area contributed by atoms with Gasteiger partial charge in [0.05, 0.1) is 34.6 Å². The van der Waals surface area contributed by atoms with E-state index in [9.17, 15) is 10.1 Å². The van der Waals surface area contributed by atoms with Crippen LogP contribution in [0.4, 0.5) is 0 Å². The Labute approximate surface area is 161 Å². The molecule has 0 amide bonds. The predicted molar refractivity (Wildman–Crippen MR) is 109 cm³/mol. The Balaban J connectivity index is 1.89. The van der Waals surface area contributed by atoms with Gasteiger partial charge in [-0.3, -0.25) is 9.48 Å². The highest BCUT2D eigenvalue weighted by Crippen LogP contribution is 2.29. The van der Waals surface area contributed by atoms with E-state index in [2.05, 4.69) is 21.4 Å². The second kappa shape index (κ2) is 6.97. The summed E-state index contributed by atoms with van der Waals surface area (Å²) in [5.41, 5.74) is 4.55. The van der Waals surface area contributed by atoms with Gasteiger partial charge in [0, 0.05) is 18.0 Å². The Morgan fingerprint density at radius 3 is 2.71 bits per heavy atom. The second-order valence-corrected chi connectivity index (χ2v) is 6.50. The fraction of sp³-hybridized carbons (Fsp3) is 0.0909. The Bertz CT molecular complexity index is 1310. The predicted octanol–water partition coefficient (Wildman–Crippen LogP) is 3.70. The molecule has 2 aromatic heterocycles. The minimum absolute atomic E-state index is 0.214. The van der Waals surface area contributed by atoms with Crippen molar-refractivity contribution in [3.63, 3.8) is 0 Å². The zero-order chi connectivity index (χ0) is 19.7. The lowest BCUT2D eigenvalue weighted by Gasteiger charge is -2.06. The average molecular weight is 367 g/mol. The lowest BCUT2D eigenvalue weighted by atomic mass is 9.99. The number of nitriles is 1. The first kappa shape index (κ1) is 17.4. The highest BCUT2D eigenvalue weighted by molar-refractivity contribution is 5.94. The van der Waals surface area contributed by atoms with E-state index in [0.717, 1.165) is 33.5 Å². The van der Waals surface area contributed by atoms with E-state index in [1.54, 1.807) is 16.9 Å². The van der Waals surface area contributed by atoms with Gasteiger partial charge in [-0.25, -0.2) is 5.10 Å². The SMILES string of the molecule is Cc1n[nH]c(=O)c2ccc(-c3cnn(C)c3/C=C(\C#N)c3ccccc3)cc12. The van der Waals surface area contributed by atoms with Crippen LogP contribution >= 0.6 is 0 Å². The highest BCUT2D eigenvalue weighted by atomic mass is 16.1. The molecule has 0 fully saturated rings. The number of aryl methyl sites for hydroxylation is 2. The molecule has 136 valence electrons. The lowest BCUT2D eigenvalue weighted by Crippen LogP contribution is -2.09. The van der Waals surface area contributed by atoms with E-state index >= 15 is 0 Å². The average Bonchev–Trinajstić information content (AvgIpc) is 3.09. The molecule has 0 unspecified atom stereocenters. The van der Waals surface area contributed by atoms with Crippen molar-refractivity contribution in [1.82, 2.24) is 20.0 Å². The van der Waals surface area contributed by atoms with E-state index in [4.69, 9.17) is 0 Å². The van der Waals surface area contributed by atoms with E-state index in [-0.39, 0.29) is 5.56 Å². The van der Waals surface area contributed by atoms with E-state index in [0.29, 0.717) is 11.0 Å². The van der Waals surface area contributed by atoms with E-state index in [1.807, 2.05) is 62.5 Å². The molecule has 4 rings (SSSR count). The summed E-state index contributed by atoms with van der Waals surface area (Å²) < 4.78 is 1.74. The van der Waals surface area contributed by atoms with Gasteiger partial charge in [0.1, 0.15) is 0 Å². The smallest absolute Gasteiger partial charge is 0.268 e. The zero-order valence-electron chi connectivity index (χ0n) is 15.5. The number of aromatic amines is 1. The molecule has 2 heterocycles. The molecule has 0 saturated carbocycles. The van der Waals surface area contributed by atoms with Gasteiger partial charge in [0.2, 0.25) is 0 Å². The maximum atomic E-state index is 12.0. The van der Waals surface area contributed by atoms with Gasteiger partial charge in [-0.15, -0.1) is 0 Å². The zero-order valence-corrected chi connectivity index (χ0v) is 15.5. The fourth-order valence-electron chi connectivity index (χ4n) is 3.24. The molecule has 4 aromatic rings. The third-order valence-corrected chi connectivity index (χ3v) is 4.76. The summed E-state index contributed by atoms with van der Waals surface area (Å²) in [6.45, 7) is 1.86. The van der Waals surface area contributed by atoms with Crippen LogP contribution in [0, 0.1) is 18.3 Å². The third-order valence-electron chi connectivity index (χ3n) is 4.76. The number of allylic oxidation sites excluding steroid dienone is 1. The van der Waals surface area contributed by atoms with Crippen LogP contribution in [-0.2, 0) is 7.05 Å². The molecule has 0 aliphatic heterocycles. The van der Waals surface area contributed by atoms with Gasteiger partial charge in [-0.1, -0.05) is 36.4 Å². The summed E-state index contributed by atoms with van der Waals surface area (Å²) in [5.74, 6) is 0. The van der Waals surface area contributed by atoms with Crippen molar-refractivity contribution >= 4 is 22.4 Å². The summed E-state index contributed by atoms with van der Waals surface area (Å²) in [7, 11) is 1.84. The van der Waals surface area contributed by atoms with Gasteiger partial charge >= 0.3 is 0 Å². The summed E-state index contributed by atoms with van der Waals surface area (Å²) in [6.07, 6.45) is 3.60. The standard InChI is InChI=1S/C22H17N5O/c1-14-19-10-16(8-9-18(19)22(28)26-25-14)20-13-24-27(2)21(20)11-17(12-23)15-6-4-3-5-7-15/h3-11,13H,1-2H3,(H,26,28)/b17-11+. The third kappa shape index (κ3) is 2.99. The van der Waals surface area contributed by atoms with Crippen molar-refractivity contribution < 1.29 is 0 Å². The number of hydrogen-bond acceptors (Lipinski definition) is 4. The first-order valence-corrected chi connectivity index (χ1v) is 8.77. The molecule has 1 N–H and O–H groups in total. The van der Waals surface area contributed by atoms with Gasteiger partial charge < -0.3 is 0 Å². The Kier molecular flexibility index (Phi) is 4.34. The Morgan fingerprint density at radius 1 is 1.18 bits per heavy atom. The van der Waals surface area contributed by atoms with Crippen molar-refractivity contribution in [2.45, 2.75) is 6.92 Å². The van der Waals surface area contributed by atoms with Gasteiger partial charge in [0.25, 0.3) is 5.56 Å². The van der Waals surface area contributed by atoms with Crippen LogP contribution in [0.2, 0.25) is 0 Å². The van der Waals surface area contributed by atoms with Crippen LogP contribution in [0.1, 0.15) is 17.0 Å². The van der Waals surface area contributed by atoms with Gasteiger partial charge in [-0.2, -0.15) is 15.5 Å². The minimum Gasteiger partial charge on any atom is -0.268 e. The topological polar surface area (TPSA) is 87.4 Å². The van der Waals surface area contributed by atoms with Crippen molar-refractivity contribution in [2.75, 3.05) is 0 Å². The molecular formula is C22H17N5O. The Hall–Kier alpha value is -3.98. The first-order valence-electron chi connectivity index (χ1n) is 8.77. The molecule has 6 nitrogen and oxygen atoms in total. The quantitative estimate of drug-likeness (QED) is 0.559. The number of rotatable bonds is 3. The van der Waals surface area contributed by atoms with Crippen molar-refractivity contribution in [3.8, 4) is 17.2 Å². The molecule has 0 aliphatic rings. The number of fused-ring (bicyclic) bond motifs is 1. The van der Waals surface area contributed by atoms with Gasteiger partial charge in [-0.05, 0) is 36.3 Å². The Morgan fingerprint density at radius 2 is 1.96 bits per heavy atom. The van der Waals surface area contributed by atoms with E-state index < -0.39 is 0 Å². The number of benzene rings is 2. The largest absolute Gasteiger partial charge is 0.272 e. The molecule has 0 saturated heterocycles. The van der Waals surface area contributed by atoms with Crippen LogP contribution in [0.3, 0.4) is 0 Å². The first-order chi connectivity index (χ1) is 13.6. The molecule has 0 radical (unpaired) electrons. The van der Waals surface area contributed by atoms with Crippen molar-refractivity contribution in [3.05, 3.63) is 82.0 Å². The van der Waals surface area contributed by atoms with Crippen LogP contribution < -0.4 is 5.56 Å². The van der Waals surface area contributed by atoms with Gasteiger partial charge in [0.15, 0.2) is 0 Å². The summed E-state index contributed by atoms with van der Waals surface area (Å²) >= 11 is 0. The number of hydrogen-bond donors (Lipinski definition) is 1. The van der Waals surface area contributed by atoms with Crippen LogP contribution in [0.25, 0.3) is 33.5 Å². The maximum absolute atomic E-state index is 12.0. The molecule has 6 heteroatoms.